The van der Waals surface area contributed by atoms with Crippen LogP contribution in [0.2, 0.25) is 0 Å². The van der Waals surface area contributed by atoms with E-state index in [1.54, 1.807) is 17.5 Å². The molecule has 3 atom stereocenters. The molecule has 9 nitrogen and oxygen atoms in total. The monoisotopic (exact) mass is 539 g/mol. The van der Waals surface area contributed by atoms with Crippen LogP contribution >= 0.6 is 0 Å². The van der Waals surface area contributed by atoms with Crippen LogP contribution in [-0.4, -0.2) is 71.3 Å². The van der Waals surface area contributed by atoms with E-state index in [0.717, 1.165) is 36.4 Å². The molecule has 1 fully saturated rings. The first-order valence-corrected chi connectivity index (χ1v) is 13.8. The number of hydrogen-bond donors (Lipinski definition) is 2. The zero-order valence-corrected chi connectivity index (χ0v) is 23.1. The summed E-state index contributed by atoms with van der Waals surface area (Å²) in [6.07, 6.45) is 1.74. The molecule has 3 unspecified atom stereocenters. The highest BCUT2D eigenvalue weighted by Crippen LogP contribution is 2.36. The van der Waals surface area contributed by atoms with Crippen molar-refractivity contribution in [3.63, 3.8) is 0 Å². The van der Waals surface area contributed by atoms with Gasteiger partial charge in [0.15, 0.2) is 0 Å². The standard InChI is InChI=1S/C31H37N7O2/c1-24-21-36(25(2)20-35(24)22-26-8-4-3-5-9-26)31(28-11-7-13-30(39)19-28)27-10-6-12-29(18-27)37-23-33-38(34-37)15-17-40-16-14-32/h3-13,18-19,23-25,31,34,39H,15-17,20-22H2,1-2H3. The summed E-state index contributed by atoms with van der Waals surface area (Å²) in [4.78, 5) is 5.12. The molecule has 9 heteroatoms. The van der Waals surface area contributed by atoms with E-state index >= 15 is 0 Å². The quantitative estimate of drug-likeness (QED) is 0.372. The molecule has 0 saturated carbocycles. The third kappa shape index (κ3) is 6.61. The van der Waals surface area contributed by atoms with Crippen LogP contribution in [0.4, 0.5) is 5.69 Å². The van der Waals surface area contributed by atoms with Crippen molar-refractivity contribution >= 4 is 12.0 Å². The van der Waals surface area contributed by atoms with E-state index in [0.29, 0.717) is 25.2 Å². The summed E-state index contributed by atoms with van der Waals surface area (Å²) < 4.78 is 5.26. The molecule has 0 amide bonds. The molecule has 0 radical (unpaired) electrons. The fraction of sp³-hybridized carbons (Fsp3) is 0.355. The van der Waals surface area contributed by atoms with Gasteiger partial charge in [0.25, 0.3) is 0 Å². The largest absolute Gasteiger partial charge is 0.508 e. The number of benzene rings is 3. The van der Waals surface area contributed by atoms with Gasteiger partial charge in [0, 0.05) is 31.7 Å². The molecule has 2 heterocycles. The Bertz CT molecular complexity index is 1330. The average molecular weight is 540 g/mol. The number of nitrogens with zero attached hydrogens (tertiary/aromatic N) is 6. The number of hydrogen-bond acceptors (Lipinski definition) is 9. The molecule has 2 aliphatic rings. The van der Waals surface area contributed by atoms with Gasteiger partial charge in [-0.3, -0.25) is 9.80 Å². The smallest absolute Gasteiger partial charge is 0.133 e. The molecule has 1 saturated heterocycles. The maximum absolute atomic E-state index is 10.4. The van der Waals surface area contributed by atoms with E-state index in [1.807, 2.05) is 29.3 Å². The lowest BCUT2D eigenvalue weighted by molar-refractivity contribution is 0.0195. The van der Waals surface area contributed by atoms with E-state index in [1.165, 1.54) is 5.56 Å². The minimum absolute atomic E-state index is 0.0293. The second-order valence-electron chi connectivity index (χ2n) is 10.4. The number of aromatic hydroxyl groups is 1. The normalized spacial score (nSPS) is 20.5. The van der Waals surface area contributed by atoms with Crippen LogP contribution in [0.1, 0.15) is 36.6 Å². The molecule has 2 N–H and O–H groups in total. The number of nitrogens with one attached hydrogen (secondary N) is 1. The topological polar surface area (TPSA) is 90.6 Å². The van der Waals surface area contributed by atoms with Gasteiger partial charge in [-0.1, -0.05) is 54.6 Å². The molecular weight excluding hydrogens is 502 g/mol. The average Bonchev–Trinajstić information content (AvgIpc) is 3.44. The Kier molecular flexibility index (Phi) is 8.94. The number of phenolic OH excluding ortho intramolecular Hbond substituents is 1. The van der Waals surface area contributed by atoms with E-state index in [4.69, 9.17) is 10.00 Å². The highest BCUT2D eigenvalue weighted by molar-refractivity contribution is 5.79. The Labute approximate surface area is 236 Å². The molecule has 208 valence electrons. The van der Waals surface area contributed by atoms with Gasteiger partial charge in [-0.05, 0) is 54.8 Å². The van der Waals surface area contributed by atoms with Gasteiger partial charge < -0.3 is 9.84 Å². The lowest BCUT2D eigenvalue weighted by atomic mass is 9.93. The highest BCUT2D eigenvalue weighted by Gasteiger charge is 2.35. The van der Waals surface area contributed by atoms with Crippen molar-refractivity contribution in [1.82, 2.24) is 20.5 Å². The second kappa shape index (κ2) is 12.9. The zero-order chi connectivity index (χ0) is 27.9. The first-order chi connectivity index (χ1) is 19.5. The number of ether oxygens (including phenoxy) is 1. The molecule has 5 rings (SSSR count). The minimum atomic E-state index is -0.0293. The minimum Gasteiger partial charge on any atom is -0.508 e. The lowest BCUT2D eigenvalue weighted by Crippen LogP contribution is -2.56. The Morgan fingerprint density at radius 3 is 2.55 bits per heavy atom. The second-order valence-corrected chi connectivity index (χ2v) is 10.4. The van der Waals surface area contributed by atoms with E-state index in [-0.39, 0.29) is 18.4 Å². The van der Waals surface area contributed by atoms with Gasteiger partial charge in [-0.15, -0.1) is 10.6 Å². The highest BCUT2D eigenvalue weighted by atomic mass is 16.5. The molecule has 0 bridgehead atoms. The van der Waals surface area contributed by atoms with Crippen LogP contribution in [-0.2, 0) is 11.3 Å². The Hall–Kier alpha value is -3.94. The SMILES string of the molecule is CC1CN(C(c2cccc(O)c2)c2cccc(N3C=NN(CCOCC#N)N3)c2)C(C)CN1Cc1ccccc1. The number of anilines is 1. The van der Waals surface area contributed by atoms with Gasteiger partial charge in [0.2, 0.25) is 0 Å². The summed E-state index contributed by atoms with van der Waals surface area (Å²) in [7, 11) is 0. The van der Waals surface area contributed by atoms with Crippen molar-refractivity contribution in [3.8, 4) is 11.8 Å². The van der Waals surface area contributed by atoms with Crippen LogP contribution in [0.5, 0.6) is 5.75 Å². The predicted octanol–water partition coefficient (Wildman–Crippen LogP) is 4.10. The first kappa shape index (κ1) is 27.6. The molecule has 3 aromatic rings. The van der Waals surface area contributed by atoms with Crippen LogP contribution in [0.25, 0.3) is 0 Å². The molecule has 0 spiro atoms. The predicted molar refractivity (Wildman–Crippen MR) is 156 cm³/mol. The summed E-state index contributed by atoms with van der Waals surface area (Å²) in [5, 5.41) is 27.0. The summed E-state index contributed by atoms with van der Waals surface area (Å²) >= 11 is 0. The van der Waals surface area contributed by atoms with Crippen LogP contribution in [0.3, 0.4) is 0 Å². The molecule has 40 heavy (non-hydrogen) atoms. The maximum Gasteiger partial charge on any atom is 0.133 e. The van der Waals surface area contributed by atoms with Crippen LogP contribution in [0, 0.1) is 11.3 Å². The molecule has 0 aliphatic carbocycles. The number of nitriles is 1. The number of hydrazone groups is 1. The fourth-order valence-corrected chi connectivity index (χ4v) is 5.53. The van der Waals surface area contributed by atoms with Gasteiger partial charge in [0.05, 0.1) is 31.0 Å². The fourth-order valence-electron chi connectivity index (χ4n) is 5.53. The number of hydrazine groups is 2. The van der Waals surface area contributed by atoms with Crippen molar-refractivity contribution in [2.45, 2.75) is 38.5 Å². The molecular formula is C31H37N7O2. The third-order valence-corrected chi connectivity index (χ3v) is 7.52. The Morgan fingerprint density at radius 2 is 1.77 bits per heavy atom. The van der Waals surface area contributed by atoms with Gasteiger partial charge in [0.1, 0.15) is 18.7 Å². The maximum atomic E-state index is 10.4. The third-order valence-electron chi connectivity index (χ3n) is 7.52. The van der Waals surface area contributed by atoms with Gasteiger partial charge >= 0.3 is 0 Å². The van der Waals surface area contributed by atoms with Crippen molar-refractivity contribution in [2.24, 2.45) is 5.10 Å². The zero-order valence-electron chi connectivity index (χ0n) is 23.1. The van der Waals surface area contributed by atoms with Crippen molar-refractivity contribution in [2.75, 3.05) is 37.9 Å². The van der Waals surface area contributed by atoms with Crippen molar-refractivity contribution in [3.05, 3.63) is 95.6 Å². The summed E-state index contributed by atoms with van der Waals surface area (Å²) in [5.74, 6) is 0.268. The molecule has 2 aliphatic heterocycles. The lowest BCUT2D eigenvalue weighted by Gasteiger charge is -2.47. The summed E-state index contributed by atoms with van der Waals surface area (Å²) in [6.45, 7) is 8.37. The van der Waals surface area contributed by atoms with Gasteiger partial charge in [-0.2, -0.15) is 5.26 Å². The Balaban J connectivity index is 1.36. The first-order valence-electron chi connectivity index (χ1n) is 13.8. The van der Waals surface area contributed by atoms with Crippen molar-refractivity contribution in [1.29, 1.82) is 5.26 Å². The Morgan fingerprint density at radius 1 is 1.00 bits per heavy atom. The van der Waals surface area contributed by atoms with Gasteiger partial charge in [-0.25, -0.2) is 10.1 Å². The number of piperazine rings is 1. The van der Waals surface area contributed by atoms with E-state index in [2.05, 4.69) is 88.9 Å². The molecule has 3 aromatic carbocycles. The van der Waals surface area contributed by atoms with Crippen LogP contribution < -0.4 is 10.5 Å². The van der Waals surface area contributed by atoms with E-state index < -0.39 is 0 Å². The number of phenols is 1. The summed E-state index contributed by atoms with van der Waals surface area (Å²) in [5.41, 5.74) is 7.74. The van der Waals surface area contributed by atoms with E-state index in [9.17, 15) is 5.11 Å². The van der Waals surface area contributed by atoms with Crippen LogP contribution in [0.15, 0.2) is 84.0 Å². The van der Waals surface area contributed by atoms with Crippen molar-refractivity contribution < 1.29 is 9.84 Å². The molecule has 0 aromatic heterocycles. The number of rotatable bonds is 10. The summed E-state index contributed by atoms with van der Waals surface area (Å²) in [6, 6.07) is 29.3.